The second kappa shape index (κ2) is 16.6. The minimum absolute atomic E-state index is 0.276. The molecule has 0 aliphatic heterocycles. The topological polar surface area (TPSA) is 40.5 Å². The van der Waals surface area contributed by atoms with Crippen LogP contribution >= 0.6 is 0 Å². The first-order chi connectivity index (χ1) is 9.81. The van der Waals surface area contributed by atoms with E-state index in [1.165, 1.54) is 70.6 Å². The zero-order valence-corrected chi connectivity index (χ0v) is 13.5. The van der Waals surface area contributed by atoms with Crippen molar-refractivity contribution in [3.05, 3.63) is 12.3 Å². The number of hydrogen-bond donors (Lipinski definition) is 2. The second-order valence-corrected chi connectivity index (χ2v) is 5.95. The molecule has 1 unspecified atom stereocenters. The van der Waals surface area contributed by atoms with Gasteiger partial charge in [0.25, 0.3) is 0 Å². The molecule has 0 aliphatic rings. The molecule has 0 amide bonds. The normalized spacial score (nSPS) is 13.1. The van der Waals surface area contributed by atoms with Crippen molar-refractivity contribution in [1.82, 2.24) is 0 Å². The van der Waals surface area contributed by atoms with Gasteiger partial charge in [0.2, 0.25) is 0 Å². The zero-order valence-electron chi connectivity index (χ0n) is 13.5. The fourth-order valence-electron chi connectivity index (χ4n) is 2.56. The second-order valence-electron chi connectivity index (χ2n) is 5.95. The molecule has 2 heteroatoms. The van der Waals surface area contributed by atoms with Crippen molar-refractivity contribution in [3.8, 4) is 0 Å². The van der Waals surface area contributed by atoms with Crippen LogP contribution in [0.25, 0.3) is 0 Å². The lowest BCUT2D eigenvalue weighted by atomic mass is 10.0. The summed E-state index contributed by atoms with van der Waals surface area (Å²) in [4.78, 5) is 0. The quantitative estimate of drug-likeness (QED) is 0.290. The molecule has 0 fully saturated rings. The lowest BCUT2D eigenvalue weighted by Crippen LogP contribution is -2.04. The van der Waals surface area contributed by atoms with E-state index in [1.807, 2.05) is 0 Å². The predicted molar refractivity (Wildman–Crippen MR) is 88.1 cm³/mol. The van der Waals surface area contributed by atoms with Gasteiger partial charge in [0.1, 0.15) is 0 Å². The maximum absolute atomic E-state index is 9.58. The lowest BCUT2D eigenvalue weighted by Gasteiger charge is -2.07. The number of hydrogen-bond acceptors (Lipinski definition) is 2. The van der Waals surface area contributed by atoms with Crippen LogP contribution in [0.3, 0.4) is 0 Å². The summed E-state index contributed by atoms with van der Waals surface area (Å²) in [7, 11) is 0. The first-order valence-electron chi connectivity index (χ1n) is 8.78. The molecule has 0 aromatic carbocycles. The summed E-state index contributed by atoms with van der Waals surface area (Å²) in [5.41, 5.74) is 0. The van der Waals surface area contributed by atoms with Crippen LogP contribution in [0.2, 0.25) is 0 Å². The van der Waals surface area contributed by atoms with Crippen molar-refractivity contribution in [2.75, 3.05) is 0 Å². The van der Waals surface area contributed by atoms with Crippen molar-refractivity contribution in [3.63, 3.8) is 0 Å². The molecule has 0 aromatic rings. The van der Waals surface area contributed by atoms with Crippen molar-refractivity contribution in [1.29, 1.82) is 0 Å². The molecular weight excluding hydrogens is 248 g/mol. The number of aliphatic hydroxyl groups excluding tert-OH is 2. The molecule has 2 nitrogen and oxygen atoms in total. The van der Waals surface area contributed by atoms with Crippen molar-refractivity contribution in [2.24, 2.45) is 0 Å². The minimum atomic E-state index is -0.276. The van der Waals surface area contributed by atoms with E-state index < -0.39 is 0 Å². The zero-order chi connectivity index (χ0) is 14.9. The number of rotatable bonds is 15. The first-order valence-corrected chi connectivity index (χ1v) is 8.78. The summed E-state index contributed by atoms with van der Waals surface area (Å²) < 4.78 is 0. The monoisotopic (exact) mass is 284 g/mol. The van der Waals surface area contributed by atoms with Crippen LogP contribution in [0.4, 0.5) is 0 Å². The van der Waals surface area contributed by atoms with E-state index in [4.69, 9.17) is 5.11 Å². The highest BCUT2D eigenvalue weighted by Gasteiger charge is 2.01. The Morgan fingerprint density at radius 2 is 1.20 bits per heavy atom. The molecule has 0 aromatic heterocycles. The Morgan fingerprint density at radius 1 is 0.750 bits per heavy atom. The predicted octanol–water partition coefficient (Wildman–Crippen LogP) is 5.90. The average Bonchev–Trinajstić information content (AvgIpc) is 2.46. The third-order valence-electron chi connectivity index (χ3n) is 3.90. The van der Waals surface area contributed by atoms with E-state index in [0.717, 1.165) is 19.1 Å². The van der Waals surface area contributed by atoms with Gasteiger partial charge in [0.15, 0.2) is 0 Å². The smallest absolute Gasteiger partial charge is 0.0752 e. The van der Waals surface area contributed by atoms with Crippen LogP contribution in [-0.2, 0) is 0 Å². The average molecular weight is 284 g/mol. The molecule has 120 valence electrons. The molecular formula is C18H36O2. The van der Waals surface area contributed by atoms with Crippen LogP contribution in [0, 0.1) is 0 Å². The molecule has 0 radical (unpaired) electrons. The fourth-order valence-corrected chi connectivity index (χ4v) is 2.56. The van der Waals surface area contributed by atoms with Gasteiger partial charge in [0, 0.05) is 0 Å². The molecule has 0 spiro atoms. The van der Waals surface area contributed by atoms with E-state index >= 15 is 0 Å². The van der Waals surface area contributed by atoms with E-state index in [9.17, 15) is 5.11 Å². The number of unbranched alkanes of at least 4 members (excludes halogenated alkanes) is 11. The van der Waals surface area contributed by atoms with Gasteiger partial charge in [-0.25, -0.2) is 0 Å². The molecule has 0 heterocycles. The van der Waals surface area contributed by atoms with Gasteiger partial charge in [0.05, 0.1) is 12.4 Å². The van der Waals surface area contributed by atoms with Crippen LogP contribution in [0.5, 0.6) is 0 Å². The van der Waals surface area contributed by atoms with Crippen molar-refractivity contribution in [2.45, 2.75) is 103 Å². The van der Waals surface area contributed by atoms with Crippen molar-refractivity contribution >= 4 is 0 Å². The minimum Gasteiger partial charge on any atom is -0.516 e. The fraction of sp³-hybridized carbons (Fsp3) is 0.889. The molecule has 0 bridgehead atoms. The Kier molecular flexibility index (Phi) is 16.1. The van der Waals surface area contributed by atoms with Crippen LogP contribution in [0.1, 0.15) is 96.8 Å². The van der Waals surface area contributed by atoms with Gasteiger partial charge < -0.3 is 10.2 Å². The van der Waals surface area contributed by atoms with Gasteiger partial charge in [-0.05, 0) is 18.9 Å². The van der Waals surface area contributed by atoms with Crippen molar-refractivity contribution < 1.29 is 10.2 Å². The van der Waals surface area contributed by atoms with E-state index in [0.29, 0.717) is 6.42 Å². The van der Waals surface area contributed by atoms with Crippen LogP contribution in [-0.4, -0.2) is 16.3 Å². The Morgan fingerprint density at radius 3 is 1.65 bits per heavy atom. The molecule has 0 saturated heterocycles. The lowest BCUT2D eigenvalue weighted by molar-refractivity contribution is 0.163. The molecule has 2 N–H and O–H groups in total. The highest BCUT2D eigenvalue weighted by Crippen LogP contribution is 2.13. The van der Waals surface area contributed by atoms with Crippen LogP contribution < -0.4 is 0 Å². The Bertz CT molecular complexity index is 202. The summed E-state index contributed by atoms with van der Waals surface area (Å²) in [6.07, 6.45) is 20.0. The SMILES string of the molecule is CCCCCCCCCCCCCCC(O)C/C=C/O. The standard InChI is InChI=1S/C18H36O2/c1-2-3-4-5-6-7-8-9-10-11-12-13-15-18(20)16-14-17-19/h14,17-20H,2-13,15-16H2,1H3/b17-14+. The molecule has 1 atom stereocenters. The van der Waals surface area contributed by atoms with Gasteiger partial charge in [-0.3, -0.25) is 0 Å². The summed E-state index contributed by atoms with van der Waals surface area (Å²) in [5.74, 6) is 0. The Balaban J connectivity index is 3.06. The maximum Gasteiger partial charge on any atom is 0.0752 e. The summed E-state index contributed by atoms with van der Waals surface area (Å²) in [5, 5.41) is 18.1. The van der Waals surface area contributed by atoms with Gasteiger partial charge in [-0.2, -0.15) is 0 Å². The highest BCUT2D eigenvalue weighted by atomic mass is 16.3. The summed E-state index contributed by atoms with van der Waals surface area (Å²) in [6.45, 7) is 2.27. The van der Waals surface area contributed by atoms with Gasteiger partial charge in [-0.15, -0.1) is 0 Å². The van der Waals surface area contributed by atoms with Gasteiger partial charge >= 0.3 is 0 Å². The van der Waals surface area contributed by atoms with E-state index in [2.05, 4.69) is 6.92 Å². The van der Waals surface area contributed by atoms with Gasteiger partial charge in [-0.1, -0.05) is 84.0 Å². The maximum atomic E-state index is 9.58. The number of aliphatic hydroxyl groups is 2. The molecule has 0 aliphatic carbocycles. The third kappa shape index (κ3) is 15.6. The van der Waals surface area contributed by atoms with E-state index in [-0.39, 0.29) is 6.10 Å². The third-order valence-corrected chi connectivity index (χ3v) is 3.90. The van der Waals surface area contributed by atoms with E-state index in [1.54, 1.807) is 6.08 Å². The Hall–Kier alpha value is -0.500. The largest absolute Gasteiger partial charge is 0.516 e. The van der Waals surface area contributed by atoms with Crippen LogP contribution in [0.15, 0.2) is 12.3 Å². The molecule has 0 rings (SSSR count). The molecule has 0 saturated carbocycles. The summed E-state index contributed by atoms with van der Waals surface area (Å²) >= 11 is 0. The Labute approximate surface area is 126 Å². The first kappa shape index (κ1) is 19.5. The highest BCUT2D eigenvalue weighted by molar-refractivity contribution is 4.75. The molecule has 20 heavy (non-hydrogen) atoms. The summed E-state index contributed by atoms with van der Waals surface area (Å²) in [6, 6.07) is 0.